The van der Waals surface area contributed by atoms with E-state index in [0.717, 1.165) is 13.8 Å². The van der Waals surface area contributed by atoms with Crippen LogP contribution in [0.25, 0.3) is 6.08 Å². The normalized spacial score (nSPS) is 14.6. The van der Waals surface area contributed by atoms with Gasteiger partial charge in [0.1, 0.15) is 66.5 Å². The number of unbranched alkanes of at least 4 members (excludes halogenated alkanes) is 1. The Labute approximate surface area is 637 Å². The van der Waals surface area contributed by atoms with Crippen LogP contribution in [0.2, 0.25) is 5.02 Å². The fraction of sp³-hybridized carbons (Fsp3) is 0.529. The smallest absolute Gasteiger partial charge is 0.326 e. The number of benzene rings is 2. The lowest BCUT2D eigenvalue weighted by Crippen LogP contribution is -2.61. The number of halogens is 1. The van der Waals surface area contributed by atoms with Crippen molar-refractivity contribution < 1.29 is 122 Å². The number of carboxylic acids is 5. The van der Waals surface area contributed by atoms with Gasteiger partial charge in [-0.05, 0) is 100.0 Å². The van der Waals surface area contributed by atoms with Gasteiger partial charge >= 0.3 is 29.8 Å². The van der Waals surface area contributed by atoms with Gasteiger partial charge in [0.2, 0.25) is 82.7 Å². The minimum absolute atomic E-state index is 0.0970. The first-order chi connectivity index (χ1) is 51.6. The average Bonchev–Trinajstić information content (AvgIpc) is 0.855. The molecule has 0 spiro atoms. The zero-order chi connectivity index (χ0) is 83.1. The van der Waals surface area contributed by atoms with Crippen molar-refractivity contribution in [1.29, 1.82) is 0 Å². The van der Waals surface area contributed by atoms with Gasteiger partial charge in [-0.1, -0.05) is 88.2 Å². The van der Waals surface area contributed by atoms with Crippen molar-refractivity contribution in [3.63, 3.8) is 0 Å². The molecule has 0 saturated heterocycles. The van der Waals surface area contributed by atoms with Crippen molar-refractivity contribution in [1.82, 2.24) is 69.1 Å². The number of rotatable bonds is 51. The maximum atomic E-state index is 14.4. The van der Waals surface area contributed by atoms with Gasteiger partial charge in [-0.25, -0.2) is 4.79 Å². The van der Waals surface area contributed by atoms with Gasteiger partial charge in [0.25, 0.3) is 0 Å². The number of carbonyl (C=O) groups excluding carboxylic acids is 14. The third kappa shape index (κ3) is 36.8. The number of hydrogen-bond acceptors (Lipinski definition) is 20. The Morgan fingerprint density at radius 3 is 1.40 bits per heavy atom. The molecule has 21 N–H and O–H groups in total. The predicted molar refractivity (Wildman–Crippen MR) is 388 cm³/mol. The second-order valence-electron chi connectivity index (χ2n) is 26.1. The summed E-state index contributed by atoms with van der Waals surface area (Å²) in [7, 11) is 0. The average molecular weight is 1570 g/mol. The minimum atomic E-state index is -1.84. The van der Waals surface area contributed by atoms with Crippen molar-refractivity contribution in [2.75, 3.05) is 13.1 Å². The van der Waals surface area contributed by atoms with E-state index in [4.69, 9.17) is 22.4 Å². The van der Waals surface area contributed by atoms with Gasteiger partial charge in [0, 0.05) is 56.7 Å². The third-order valence-corrected chi connectivity index (χ3v) is 16.8. The summed E-state index contributed by atoms with van der Waals surface area (Å²) < 4.78 is 0. The standard InChI is InChI=1S/C70H99ClN14O25/c1-8-36(4)58(84-69(108)59(38(6)86)85-60(99)37(5)75-61(100)43(78-66(105)49(33-56(97)98)76-39(7)87)16-12-13-31-73-51(89)27-19-40-17-20-42(71)21-18-40)67(106)74-34-52(90)77-48(32-41-14-10-9-11-15-41)65(104)80-46(24-29-54(93)94)64(103)83-57(35(2)3)68(107)81-44(22-26-50(72)88)62(101)79-45(23-28-53(91)92)63(102)82-47(70(109)110)25-30-55(95)96/h9-11,14-15,17-21,27,35-38,43-49,57-59,86H,8,12-13,16,22-26,28-34H2,1-7H3,(H2,72,88)(H,73,89)(H,74,106)(H,75,100)(H,76,87)(H,77,90)(H,78,105)(H,79,101)(H,80,104)(H,81,107)(H,82,102)(H,83,103)(H,84,108)(H,85,99)(H,91,92)(H,93,94)(H,95,96)(H,97,98)(H,109,110)/b27-19+/t36-,37-,38+,43-,44-,45-,46-,47-,48-,49-,57-,58-,59-/m0/s1. The number of aliphatic carboxylic acids is 5. The summed E-state index contributed by atoms with van der Waals surface area (Å²) in [6, 6.07) is -3.98. The summed E-state index contributed by atoms with van der Waals surface area (Å²) in [6.07, 6.45) is -5.04. The second-order valence-corrected chi connectivity index (χ2v) is 26.5. The Morgan fingerprint density at radius 2 is 0.909 bits per heavy atom. The minimum Gasteiger partial charge on any atom is -0.481 e. The van der Waals surface area contributed by atoms with Gasteiger partial charge in [-0.15, -0.1) is 0 Å². The summed E-state index contributed by atoms with van der Waals surface area (Å²) in [6.45, 7) is 8.54. The highest BCUT2D eigenvalue weighted by Gasteiger charge is 2.38. The number of aliphatic hydroxyl groups is 1. The van der Waals surface area contributed by atoms with Crippen LogP contribution in [0, 0.1) is 11.8 Å². The van der Waals surface area contributed by atoms with Crippen LogP contribution in [0.15, 0.2) is 60.7 Å². The zero-order valence-corrected chi connectivity index (χ0v) is 62.4. The number of carboxylic acid groups (broad SMARTS) is 5. The van der Waals surface area contributed by atoms with Gasteiger partial charge in [0.05, 0.1) is 19.1 Å². The predicted octanol–water partition coefficient (Wildman–Crippen LogP) is -3.13. The topological polar surface area (TPSA) is 628 Å². The maximum Gasteiger partial charge on any atom is 0.326 e. The van der Waals surface area contributed by atoms with E-state index in [1.54, 1.807) is 67.6 Å². The van der Waals surface area contributed by atoms with Crippen LogP contribution in [0.5, 0.6) is 0 Å². The number of aliphatic hydroxyl groups excluding tert-OH is 1. The van der Waals surface area contributed by atoms with E-state index in [2.05, 4.69) is 63.8 Å². The van der Waals surface area contributed by atoms with Crippen LogP contribution in [0.3, 0.4) is 0 Å². The molecule has 2 aromatic rings. The Kier molecular flexibility index (Phi) is 41.7. The number of carbonyl (C=O) groups is 19. The van der Waals surface area contributed by atoms with Crippen LogP contribution in [0.1, 0.15) is 143 Å². The van der Waals surface area contributed by atoms with E-state index < -0.39 is 261 Å². The fourth-order valence-corrected chi connectivity index (χ4v) is 10.4. The van der Waals surface area contributed by atoms with Crippen molar-refractivity contribution >= 4 is 130 Å². The van der Waals surface area contributed by atoms with Crippen molar-refractivity contribution in [2.24, 2.45) is 17.6 Å². The van der Waals surface area contributed by atoms with Gasteiger partial charge in [-0.3, -0.25) is 86.3 Å². The number of nitrogens with one attached hydrogen (secondary N) is 13. The highest BCUT2D eigenvalue weighted by Crippen LogP contribution is 2.15. The maximum absolute atomic E-state index is 14.4. The highest BCUT2D eigenvalue weighted by atomic mass is 35.5. The molecular weight excluding hydrogens is 1470 g/mol. The largest absolute Gasteiger partial charge is 0.481 e. The first kappa shape index (κ1) is 94.4. The number of primary amides is 1. The molecule has 0 bridgehead atoms. The summed E-state index contributed by atoms with van der Waals surface area (Å²) in [5, 5.41) is 89.2. The SMILES string of the molecule is CC[C@H](C)[C@H](NC(=O)[C@@H](NC(=O)[C@H](C)NC(=O)[C@H](CCCCNC(=O)/C=C/c1ccc(Cl)cc1)NC(=O)[C@H](CC(=O)O)NC(C)=O)[C@@H](C)O)C(=O)NCC(=O)N[C@@H](Cc1ccccc1)C(=O)N[C@@H](CCC(=O)O)C(=O)N[C@H](C(=O)N[C@@H](CCC(N)=O)C(=O)N[C@@H](CCC(=O)O)C(=O)N[C@@H](CCC(=O)O)C(=O)O)C(C)C. The molecule has 0 unspecified atom stereocenters. The molecular formula is C70H99ClN14O25. The van der Waals surface area contributed by atoms with E-state index in [9.17, 15) is 117 Å². The lowest BCUT2D eigenvalue weighted by Gasteiger charge is -2.29. The quantitative estimate of drug-likeness (QED) is 0.0230. The third-order valence-electron chi connectivity index (χ3n) is 16.6. The number of amides is 14. The van der Waals surface area contributed by atoms with Gasteiger partial charge < -0.3 is 105 Å². The van der Waals surface area contributed by atoms with Gasteiger partial charge in [0.15, 0.2) is 0 Å². The Hall–Kier alpha value is -11.6. The second kappa shape index (κ2) is 48.6. The molecule has 606 valence electrons. The summed E-state index contributed by atoms with van der Waals surface area (Å²) in [5.41, 5.74) is 6.46. The van der Waals surface area contributed by atoms with Crippen molar-refractivity contribution in [3.05, 3.63) is 76.8 Å². The molecule has 13 atom stereocenters. The van der Waals surface area contributed by atoms with E-state index in [1.807, 2.05) is 5.32 Å². The Morgan fingerprint density at radius 1 is 0.455 bits per heavy atom. The van der Waals surface area contributed by atoms with Crippen LogP contribution in [-0.2, 0) is 97.5 Å². The highest BCUT2D eigenvalue weighted by molar-refractivity contribution is 6.30. The van der Waals surface area contributed by atoms with E-state index >= 15 is 0 Å². The molecule has 0 fully saturated rings. The first-order valence-corrected chi connectivity index (χ1v) is 35.4. The van der Waals surface area contributed by atoms with Crippen molar-refractivity contribution in [3.8, 4) is 0 Å². The molecule has 14 amide bonds. The zero-order valence-electron chi connectivity index (χ0n) is 61.6. The Balaban J connectivity index is 2.37. The van der Waals surface area contributed by atoms with Gasteiger partial charge in [-0.2, -0.15) is 0 Å². The Bertz CT molecular complexity index is 3600. The lowest BCUT2D eigenvalue weighted by atomic mass is 9.97. The summed E-state index contributed by atoms with van der Waals surface area (Å²) >= 11 is 5.92. The monoisotopic (exact) mass is 1570 g/mol. The first-order valence-electron chi connectivity index (χ1n) is 35.0. The molecule has 0 aliphatic rings. The molecule has 0 aliphatic carbocycles. The molecule has 2 rings (SSSR count). The molecule has 40 heteroatoms. The van der Waals surface area contributed by atoms with E-state index in [1.165, 1.54) is 33.8 Å². The van der Waals surface area contributed by atoms with Crippen LogP contribution < -0.4 is 74.9 Å². The molecule has 0 aromatic heterocycles. The van der Waals surface area contributed by atoms with Crippen LogP contribution >= 0.6 is 11.6 Å². The number of hydrogen-bond donors (Lipinski definition) is 20. The van der Waals surface area contributed by atoms with E-state index in [-0.39, 0.29) is 38.6 Å². The van der Waals surface area contributed by atoms with Crippen LogP contribution in [0.4, 0.5) is 0 Å². The van der Waals surface area contributed by atoms with E-state index in [0.29, 0.717) is 16.1 Å². The molecule has 0 radical (unpaired) electrons. The summed E-state index contributed by atoms with van der Waals surface area (Å²) in [5.74, 6) is -23.6. The summed E-state index contributed by atoms with van der Waals surface area (Å²) in [4.78, 5) is 247. The fourth-order valence-electron chi connectivity index (χ4n) is 10.3. The van der Waals surface area contributed by atoms with Crippen LogP contribution in [-0.4, -0.2) is 229 Å². The van der Waals surface area contributed by atoms with Crippen molar-refractivity contribution in [2.45, 2.75) is 211 Å². The molecule has 110 heavy (non-hydrogen) atoms. The molecule has 0 heterocycles. The molecule has 0 aliphatic heterocycles. The number of nitrogens with two attached hydrogens (primary N) is 1. The molecule has 0 saturated carbocycles. The lowest BCUT2D eigenvalue weighted by molar-refractivity contribution is -0.144. The molecule has 39 nitrogen and oxygen atoms in total. The molecule has 2 aromatic carbocycles.